The summed E-state index contributed by atoms with van der Waals surface area (Å²) in [6, 6.07) is 5.15. The molecule has 4 nitrogen and oxygen atoms in total. The van der Waals surface area contributed by atoms with E-state index in [1.165, 1.54) is 0 Å². The molecule has 0 aliphatic carbocycles. The third kappa shape index (κ3) is 3.02. The molecule has 0 unspecified atom stereocenters. The SMILES string of the molecule is CCc1nn(CC)c(COc2ccc(Cl)cc2N)c1Cl. The molecule has 2 aromatic rings. The van der Waals surface area contributed by atoms with Gasteiger partial charge >= 0.3 is 0 Å². The van der Waals surface area contributed by atoms with Gasteiger partial charge in [0, 0.05) is 11.6 Å². The average Bonchev–Trinajstić information content (AvgIpc) is 2.74. The number of rotatable bonds is 5. The largest absolute Gasteiger partial charge is 0.485 e. The molecule has 0 saturated carbocycles. The highest BCUT2D eigenvalue weighted by molar-refractivity contribution is 6.32. The molecule has 0 fully saturated rings. The van der Waals surface area contributed by atoms with Crippen LogP contribution in [0.2, 0.25) is 10.0 Å². The van der Waals surface area contributed by atoms with Crippen molar-refractivity contribution in [1.29, 1.82) is 0 Å². The van der Waals surface area contributed by atoms with Crippen LogP contribution in [-0.4, -0.2) is 9.78 Å². The fraction of sp³-hybridized carbons (Fsp3) is 0.357. The monoisotopic (exact) mass is 313 g/mol. The van der Waals surface area contributed by atoms with Crippen LogP contribution < -0.4 is 10.5 Å². The van der Waals surface area contributed by atoms with Gasteiger partial charge in [0.15, 0.2) is 0 Å². The van der Waals surface area contributed by atoms with E-state index in [2.05, 4.69) is 5.10 Å². The van der Waals surface area contributed by atoms with Gasteiger partial charge in [-0.05, 0) is 31.5 Å². The summed E-state index contributed by atoms with van der Waals surface area (Å²) in [5.41, 5.74) is 8.11. The summed E-state index contributed by atoms with van der Waals surface area (Å²) < 4.78 is 7.58. The molecular formula is C14H17Cl2N3O. The van der Waals surface area contributed by atoms with Crippen molar-refractivity contribution in [3.05, 3.63) is 39.6 Å². The van der Waals surface area contributed by atoms with Gasteiger partial charge in [-0.3, -0.25) is 4.68 Å². The van der Waals surface area contributed by atoms with Crippen LogP contribution in [0.1, 0.15) is 25.2 Å². The van der Waals surface area contributed by atoms with Gasteiger partial charge in [0.05, 0.1) is 22.1 Å². The van der Waals surface area contributed by atoms with E-state index in [-0.39, 0.29) is 0 Å². The fourth-order valence-corrected chi connectivity index (χ4v) is 2.46. The minimum absolute atomic E-state index is 0.325. The van der Waals surface area contributed by atoms with E-state index in [9.17, 15) is 0 Å². The number of halogens is 2. The van der Waals surface area contributed by atoms with Gasteiger partial charge in [-0.1, -0.05) is 30.1 Å². The van der Waals surface area contributed by atoms with Crippen LogP contribution >= 0.6 is 23.2 Å². The molecule has 1 heterocycles. The quantitative estimate of drug-likeness (QED) is 0.851. The summed E-state index contributed by atoms with van der Waals surface area (Å²) in [4.78, 5) is 0. The van der Waals surface area contributed by atoms with Crippen LogP contribution in [0.25, 0.3) is 0 Å². The number of nitrogens with zero attached hydrogens (tertiary/aromatic N) is 2. The lowest BCUT2D eigenvalue weighted by molar-refractivity contribution is 0.294. The fourth-order valence-electron chi connectivity index (χ4n) is 1.95. The molecule has 0 radical (unpaired) electrons. The van der Waals surface area contributed by atoms with Gasteiger partial charge in [0.2, 0.25) is 0 Å². The summed E-state index contributed by atoms with van der Waals surface area (Å²) in [6.45, 7) is 5.11. The van der Waals surface area contributed by atoms with Crippen molar-refractivity contribution in [1.82, 2.24) is 9.78 Å². The van der Waals surface area contributed by atoms with Gasteiger partial charge in [0.25, 0.3) is 0 Å². The zero-order chi connectivity index (χ0) is 14.7. The Hall–Kier alpha value is -1.39. The lowest BCUT2D eigenvalue weighted by Crippen LogP contribution is -2.07. The second-order valence-electron chi connectivity index (χ2n) is 4.35. The van der Waals surface area contributed by atoms with Gasteiger partial charge in [0.1, 0.15) is 12.4 Å². The first-order valence-corrected chi connectivity index (χ1v) is 7.24. The number of ether oxygens (including phenoxy) is 1. The molecule has 0 amide bonds. The Balaban J connectivity index is 2.20. The van der Waals surface area contributed by atoms with Gasteiger partial charge in [-0.15, -0.1) is 0 Å². The first kappa shape index (κ1) is 15.0. The maximum absolute atomic E-state index is 6.32. The number of hydrogen-bond acceptors (Lipinski definition) is 3. The molecular weight excluding hydrogens is 297 g/mol. The summed E-state index contributed by atoms with van der Waals surface area (Å²) in [7, 11) is 0. The molecule has 0 bridgehead atoms. The number of aryl methyl sites for hydroxylation is 2. The number of anilines is 1. The zero-order valence-electron chi connectivity index (χ0n) is 11.5. The third-order valence-electron chi connectivity index (χ3n) is 3.03. The summed E-state index contributed by atoms with van der Waals surface area (Å²) >= 11 is 12.2. The lowest BCUT2D eigenvalue weighted by atomic mass is 10.3. The molecule has 1 aromatic heterocycles. The van der Waals surface area contributed by atoms with E-state index in [1.807, 2.05) is 18.5 Å². The van der Waals surface area contributed by atoms with E-state index >= 15 is 0 Å². The van der Waals surface area contributed by atoms with Crippen molar-refractivity contribution in [3.8, 4) is 5.75 Å². The summed E-state index contributed by atoms with van der Waals surface area (Å²) in [6.07, 6.45) is 0.794. The molecule has 0 atom stereocenters. The van der Waals surface area contributed by atoms with Crippen LogP contribution in [0.15, 0.2) is 18.2 Å². The maximum Gasteiger partial charge on any atom is 0.142 e. The number of hydrogen-bond donors (Lipinski definition) is 1. The second-order valence-corrected chi connectivity index (χ2v) is 5.16. The Bertz CT molecular complexity index is 611. The lowest BCUT2D eigenvalue weighted by Gasteiger charge is -2.10. The summed E-state index contributed by atoms with van der Waals surface area (Å²) in [5, 5.41) is 5.70. The highest BCUT2D eigenvalue weighted by atomic mass is 35.5. The third-order valence-corrected chi connectivity index (χ3v) is 3.70. The van der Waals surface area contributed by atoms with Crippen molar-refractivity contribution in [3.63, 3.8) is 0 Å². The van der Waals surface area contributed by atoms with Crippen LogP contribution in [-0.2, 0) is 19.6 Å². The Morgan fingerprint density at radius 2 is 2.05 bits per heavy atom. The predicted octanol–water partition coefficient (Wildman–Crippen LogP) is 3.93. The standard InChI is InChI=1S/C14H17Cl2N3O/c1-3-11-14(16)12(19(4-2)18-11)8-20-13-6-5-9(15)7-10(13)17/h5-7H,3-4,8,17H2,1-2H3. The molecule has 2 N–H and O–H groups in total. The normalized spacial score (nSPS) is 10.8. The summed E-state index contributed by atoms with van der Waals surface area (Å²) in [5.74, 6) is 0.590. The van der Waals surface area contributed by atoms with Crippen molar-refractivity contribution in [2.45, 2.75) is 33.4 Å². The van der Waals surface area contributed by atoms with Crippen molar-refractivity contribution < 1.29 is 4.74 Å². The molecule has 20 heavy (non-hydrogen) atoms. The number of aromatic nitrogens is 2. The van der Waals surface area contributed by atoms with Crippen LogP contribution in [0.4, 0.5) is 5.69 Å². The smallest absolute Gasteiger partial charge is 0.142 e. The van der Waals surface area contributed by atoms with Crippen molar-refractivity contribution >= 4 is 28.9 Å². The van der Waals surface area contributed by atoms with Crippen molar-refractivity contribution in [2.24, 2.45) is 0 Å². The molecule has 1 aromatic carbocycles. The van der Waals surface area contributed by atoms with Crippen molar-refractivity contribution in [2.75, 3.05) is 5.73 Å². The molecule has 0 aliphatic heterocycles. The maximum atomic E-state index is 6.32. The van der Waals surface area contributed by atoms with Gasteiger partial charge < -0.3 is 10.5 Å². The Morgan fingerprint density at radius 3 is 2.65 bits per heavy atom. The minimum atomic E-state index is 0.325. The minimum Gasteiger partial charge on any atom is -0.485 e. The first-order valence-electron chi connectivity index (χ1n) is 6.48. The highest BCUT2D eigenvalue weighted by Crippen LogP contribution is 2.28. The Morgan fingerprint density at radius 1 is 1.30 bits per heavy atom. The molecule has 0 aliphatic rings. The topological polar surface area (TPSA) is 53.1 Å². The van der Waals surface area contributed by atoms with Crippen LogP contribution in [0, 0.1) is 0 Å². The number of nitrogens with two attached hydrogens (primary N) is 1. The highest BCUT2D eigenvalue weighted by Gasteiger charge is 2.15. The van der Waals surface area contributed by atoms with E-state index in [0.717, 1.165) is 24.4 Å². The first-order chi connectivity index (χ1) is 9.56. The second kappa shape index (κ2) is 6.37. The van der Waals surface area contributed by atoms with Gasteiger partial charge in [-0.2, -0.15) is 5.10 Å². The Kier molecular flexibility index (Phi) is 4.78. The van der Waals surface area contributed by atoms with Crippen LogP contribution in [0.5, 0.6) is 5.75 Å². The Labute approximate surface area is 128 Å². The molecule has 108 valence electrons. The van der Waals surface area contributed by atoms with E-state index < -0.39 is 0 Å². The molecule has 0 saturated heterocycles. The number of nitrogen functional groups attached to an aromatic ring is 1. The van der Waals surface area contributed by atoms with E-state index in [0.29, 0.717) is 28.1 Å². The molecule has 6 heteroatoms. The van der Waals surface area contributed by atoms with Crippen LogP contribution in [0.3, 0.4) is 0 Å². The van der Waals surface area contributed by atoms with E-state index in [1.54, 1.807) is 18.2 Å². The number of benzene rings is 1. The average molecular weight is 314 g/mol. The zero-order valence-corrected chi connectivity index (χ0v) is 13.0. The molecule has 2 rings (SSSR count). The molecule has 0 spiro atoms. The predicted molar refractivity (Wildman–Crippen MR) is 82.5 cm³/mol. The van der Waals surface area contributed by atoms with E-state index in [4.69, 9.17) is 33.7 Å². The van der Waals surface area contributed by atoms with Gasteiger partial charge in [-0.25, -0.2) is 0 Å².